The third kappa shape index (κ3) is 11.9. The van der Waals surface area contributed by atoms with Crippen LogP contribution in [0.15, 0.2) is 60.9 Å². The lowest BCUT2D eigenvalue weighted by atomic mass is 9.99. The molecule has 0 fully saturated rings. The van der Waals surface area contributed by atoms with Gasteiger partial charge >= 0.3 is 0 Å². The van der Waals surface area contributed by atoms with E-state index in [9.17, 15) is 58.2 Å². The van der Waals surface area contributed by atoms with Crippen LogP contribution in [0, 0.1) is 0 Å². The van der Waals surface area contributed by atoms with E-state index in [0.29, 0.717) is 0 Å². The standard InChI is InChI=1S/C40H48N16O12/c1-17(57)27(43)33(61)31-39(67)47-29(25(59)11-41)37(65)45-13-19-16-56(54-52-19)24-10-6-4-8-22(24)36(64)50-32(34(62)28(44)18(2)58)40(68)48-30(26(60)12-42)38(66)46-14-20-15-55(53-51-20)23-9-5-3-7-21(23)35(63)49-31/h3-10,15-18,27-32,57-58H,11-14,41-44H2,1-2H3,(H,45,65)(H,46,66)(H,47,67)(H,48,68)(H,49,63)(H,50,64)/t17-,18-,27+,28+,29+,30+,31+,32+/m1/s1. The summed E-state index contributed by atoms with van der Waals surface area (Å²) in [5, 5.41) is 49.6. The van der Waals surface area contributed by atoms with Gasteiger partial charge in [0.25, 0.3) is 35.4 Å². The molecule has 16 N–H and O–H groups in total. The highest BCUT2D eigenvalue weighted by molar-refractivity contribution is 6.17. The minimum absolute atomic E-state index is 0.00221. The van der Waals surface area contributed by atoms with E-state index < -0.39 is 133 Å². The topological polar surface area (TPSA) is 449 Å². The summed E-state index contributed by atoms with van der Waals surface area (Å²) in [6, 6.07) is -0.987. The molecule has 0 aliphatic carbocycles. The molecule has 0 saturated carbocycles. The summed E-state index contributed by atoms with van der Waals surface area (Å²) < 4.78 is 2.13. The molecule has 5 rings (SSSR count). The van der Waals surface area contributed by atoms with Crippen LogP contribution in [-0.4, -0.2) is 160 Å². The number of benzene rings is 2. The maximum atomic E-state index is 13.9. The van der Waals surface area contributed by atoms with E-state index in [1.54, 1.807) is 0 Å². The van der Waals surface area contributed by atoms with Gasteiger partial charge in [0.2, 0.25) is 0 Å². The summed E-state index contributed by atoms with van der Waals surface area (Å²) >= 11 is 0. The molecule has 360 valence electrons. The first-order valence-electron chi connectivity index (χ1n) is 20.5. The lowest BCUT2D eigenvalue weighted by molar-refractivity contribution is -0.139. The first kappa shape index (κ1) is 51.0. The van der Waals surface area contributed by atoms with Crippen molar-refractivity contribution in [1.29, 1.82) is 0 Å². The van der Waals surface area contributed by atoms with E-state index >= 15 is 0 Å². The molecule has 1 aliphatic rings. The number of aliphatic hydroxyl groups is 2. The number of rotatable bonds is 10. The average molecular weight is 945 g/mol. The fourth-order valence-electron chi connectivity index (χ4n) is 6.37. The fourth-order valence-corrected chi connectivity index (χ4v) is 6.37. The highest BCUT2D eigenvalue weighted by Crippen LogP contribution is 2.17. The Hall–Kier alpha value is -8.02. The SMILES string of the molecule is C[C@@H](O)[C@H](N)C(=O)[C@@H]1NC(=O)c2ccccc2-n2cc(nn2)CNC(=O)[C@H](C(=O)CN)NC(=O)[C@H](C(=O)[C@@H](N)[C@@H](C)O)NC(=O)c2ccccc2-n2cc(nn2)CNC(=O)[C@H](C(=O)CN)NC1=O. The molecule has 3 heterocycles. The van der Waals surface area contributed by atoms with Gasteiger partial charge in [-0.3, -0.25) is 47.9 Å². The number of ketones is 4. The summed E-state index contributed by atoms with van der Waals surface area (Å²) in [6.45, 7) is -0.231. The van der Waals surface area contributed by atoms with E-state index in [1.807, 2.05) is 0 Å². The maximum absolute atomic E-state index is 13.9. The Morgan fingerprint density at radius 2 is 0.941 bits per heavy atom. The first-order valence-corrected chi connectivity index (χ1v) is 20.5. The Morgan fingerprint density at radius 3 is 1.28 bits per heavy atom. The van der Waals surface area contributed by atoms with Crippen molar-refractivity contribution in [2.45, 2.75) is 75.4 Å². The van der Waals surface area contributed by atoms with E-state index in [-0.39, 0.29) is 33.9 Å². The normalized spacial score (nSPS) is 20.6. The zero-order valence-electron chi connectivity index (χ0n) is 36.2. The number of carbonyl (C=O) groups is 10. The molecule has 0 unspecified atom stereocenters. The fraction of sp³-hybridized carbons (Fsp3) is 0.350. The number of amides is 6. The van der Waals surface area contributed by atoms with Crippen LogP contribution in [0.5, 0.6) is 0 Å². The molecule has 28 nitrogen and oxygen atoms in total. The molecule has 1 aliphatic heterocycles. The lowest BCUT2D eigenvalue weighted by Gasteiger charge is -2.24. The third-order valence-electron chi connectivity index (χ3n) is 10.2. The number of aromatic nitrogens is 6. The summed E-state index contributed by atoms with van der Waals surface area (Å²) in [5.74, 6) is -11.8. The van der Waals surface area contributed by atoms with Gasteiger partial charge in [0.15, 0.2) is 47.3 Å². The zero-order chi connectivity index (χ0) is 50.0. The summed E-state index contributed by atoms with van der Waals surface area (Å²) in [4.78, 5) is 136. The molecule has 8 atom stereocenters. The van der Waals surface area contributed by atoms with Crippen molar-refractivity contribution < 1.29 is 58.2 Å². The molecule has 4 bridgehead atoms. The van der Waals surface area contributed by atoms with Crippen molar-refractivity contribution in [2.75, 3.05) is 13.1 Å². The number of hydrogen-bond acceptors (Lipinski definition) is 20. The molecule has 0 spiro atoms. The molecule has 6 amide bonds. The second-order valence-corrected chi connectivity index (χ2v) is 15.2. The van der Waals surface area contributed by atoms with Gasteiger partial charge in [-0.1, -0.05) is 34.7 Å². The Labute approximate surface area is 384 Å². The number of carbonyl (C=O) groups excluding carboxylic acids is 10. The average Bonchev–Trinajstić information content (AvgIpc) is 4.02. The van der Waals surface area contributed by atoms with Crippen LogP contribution in [0.3, 0.4) is 0 Å². The smallest absolute Gasteiger partial charge is 0.254 e. The number of Topliss-reactive ketones (excluding diaryl/α,β-unsaturated/α-hetero) is 4. The zero-order valence-corrected chi connectivity index (χ0v) is 36.2. The van der Waals surface area contributed by atoms with Gasteiger partial charge in [-0.2, -0.15) is 0 Å². The van der Waals surface area contributed by atoms with Gasteiger partial charge in [0.1, 0.15) is 11.4 Å². The van der Waals surface area contributed by atoms with Gasteiger partial charge in [-0.15, -0.1) is 10.2 Å². The van der Waals surface area contributed by atoms with Crippen LogP contribution >= 0.6 is 0 Å². The Bertz CT molecular complexity index is 2440. The number of nitrogens with one attached hydrogen (secondary N) is 6. The monoisotopic (exact) mass is 944 g/mol. The van der Waals surface area contributed by atoms with Gasteiger partial charge < -0.3 is 65.0 Å². The number of aliphatic hydroxyl groups excluding tert-OH is 2. The van der Waals surface area contributed by atoms with Crippen molar-refractivity contribution >= 4 is 58.6 Å². The third-order valence-corrected chi connectivity index (χ3v) is 10.2. The summed E-state index contributed by atoms with van der Waals surface area (Å²) in [7, 11) is 0. The van der Waals surface area contributed by atoms with Gasteiger partial charge in [-0.05, 0) is 38.1 Å². The minimum Gasteiger partial charge on any atom is -0.391 e. The van der Waals surface area contributed by atoms with Crippen molar-refractivity contribution in [3.63, 3.8) is 0 Å². The van der Waals surface area contributed by atoms with Crippen LogP contribution in [0.25, 0.3) is 11.4 Å². The number of para-hydroxylation sites is 2. The molecule has 2 aromatic carbocycles. The second-order valence-electron chi connectivity index (χ2n) is 15.2. The highest BCUT2D eigenvalue weighted by atomic mass is 16.3. The molecule has 28 heteroatoms. The van der Waals surface area contributed by atoms with Crippen molar-refractivity contribution in [3.8, 4) is 11.4 Å². The molecule has 4 aromatic rings. The largest absolute Gasteiger partial charge is 0.391 e. The van der Waals surface area contributed by atoms with E-state index in [4.69, 9.17) is 22.9 Å². The number of fused-ring (bicyclic) bond motifs is 8. The predicted octanol–water partition coefficient (Wildman–Crippen LogP) is -7.43. The number of nitrogens with two attached hydrogens (primary N) is 4. The van der Waals surface area contributed by atoms with Gasteiger partial charge in [-0.25, -0.2) is 9.36 Å². The van der Waals surface area contributed by atoms with Crippen LogP contribution < -0.4 is 54.8 Å². The lowest BCUT2D eigenvalue weighted by Crippen LogP contribution is -2.62. The first-order chi connectivity index (χ1) is 32.3. The number of hydrogen-bond donors (Lipinski definition) is 12. The molecule has 68 heavy (non-hydrogen) atoms. The summed E-state index contributed by atoms with van der Waals surface area (Å²) in [5.41, 5.74) is 22.4. The quantitative estimate of drug-likeness (QED) is 0.0657. The van der Waals surface area contributed by atoms with E-state index in [2.05, 4.69) is 52.5 Å². The van der Waals surface area contributed by atoms with E-state index in [0.717, 1.165) is 23.2 Å². The van der Waals surface area contributed by atoms with Crippen molar-refractivity contribution in [2.24, 2.45) is 22.9 Å². The Kier molecular flexibility index (Phi) is 16.8. The Morgan fingerprint density at radius 1 is 0.588 bits per heavy atom. The van der Waals surface area contributed by atoms with Crippen LogP contribution in [0.4, 0.5) is 0 Å². The van der Waals surface area contributed by atoms with Gasteiger partial charge in [0.05, 0.1) is 85.4 Å². The van der Waals surface area contributed by atoms with Crippen molar-refractivity contribution in [1.82, 2.24) is 61.9 Å². The second kappa shape index (κ2) is 22.4. The van der Waals surface area contributed by atoms with Crippen LogP contribution in [0.2, 0.25) is 0 Å². The molecule has 2 aromatic heterocycles. The Balaban J connectivity index is 1.59. The predicted molar refractivity (Wildman–Crippen MR) is 230 cm³/mol. The van der Waals surface area contributed by atoms with E-state index in [1.165, 1.54) is 60.9 Å². The number of nitrogens with zero attached hydrogens (tertiary/aromatic N) is 6. The molecule has 0 radical (unpaired) electrons. The van der Waals surface area contributed by atoms with Crippen LogP contribution in [-0.2, 0) is 51.4 Å². The molecular weight excluding hydrogens is 897 g/mol. The molecular formula is C40H48N16O12. The van der Waals surface area contributed by atoms with Gasteiger partial charge in [0, 0.05) is 0 Å². The highest BCUT2D eigenvalue weighted by Gasteiger charge is 2.40. The maximum Gasteiger partial charge on any atom is 0.254 e. The van der Waals surface area contributed by atoms with Crippen molar-refractivity contribution in [3.05, 3.63) is 83.4 Å². The van der Waals surface area contributed by atoms with Crippen LogP contribution in [0.1, 0.15) is 46.0 Å². The molecule has 0 saturated heterocycles. The minimum atomic E-state index is -2.22. The summed E-state index contributed by atoms with van der Waals surface area (Å²) in [6.07, 6.45) is -0.615.